The predicted octanol–water partition coefficient (Wildman–Crippen LogP) is 5.59. The number of anilines is 3. The minimum atomic E-state index is -0.679. The van der Waals surface area contributed by atoms with Crippen LogP contribution in [0.15, 0.2) is 83.5 Å². The van der Waals surface area contributed by atoms with Gasteiger partial charge in [-0.1, -0.05) is 35.3 Å². The van der Waals surface area contributed by atoms with Gasteiger partial charge in [-0.25, -0.2) is 9.69 Å². The van der Waals surface area contributed by atoms with Gasteiger partial charge >= 0.3 is 5.97 Å². The Bertz CT molecular complexity index is 1430. The molecule has 0 aromatic heterocycles. The molecule has 0 saturated carbocycles. The second kappa shape index (κ2) is 10.9. The van der Waals surface area contributed by atoms with E-state index < -0.39 is 23.7 Å². The third kappa shape index (κ3) is 5.82. The number of halogens is 2. The normalized spacial score (nSPS) is 13.3. The van der Waals surface area contributed by atoms with Crippen molar-refractivity contribution in [3.05, 3.63) is 99.7 Å². The van der Waals surface area contributed by atoms with Crippen LogP contribution in [0.4, 0.5) is 17.1 Å². The molecule has 1 heterocycles. The number of carbonyl (C=O) groups is 4. The number of hydrogen-bond acceptors (Lipinski definition) is 6. The Morgan fingerprint density at radius 2 is 1.46 bits per heavy atom. The average molecular weight is 538 g/mol. The number of imide groups is 1. The molecule has 3 amide bonds. The van der Waals surface area contributed by atoms with Gasteiger partial charge < -0.3 is 15.4 Å². The standard InChI is InChI=1S/C27H21Cl2N3O5/c1-15(2)37-27(36)17-6-4-8-20(14-17)31-24(33)16-5-3-7-19(13-16)30-23-22(29)25(34)32(26(23)35)21-11-9-18(28)10-12-21/h3-15,30H,1-2H3,(H,31,33). The highest BCUT2D eigenvalue weighted by Gasteiger charge is 2.39. The van der Waals surface area contributed by atoms with E-state index >= 15 is 0 Å². The molecule has 37 heavy (non-hydrogen) atoms. The lowest BCUT2D eigenvalue weighted by Crippen LogP contribution is -2.32. The first-order valence-corrected chi connectivity index (χ1v) is 11.9. The van der Waals surface area contributed by atoms with Crippen LogP contribution in [0.2, 0.25) is 5.02 Å². The van der Waals surface area contributed by atoms with E-state index in [2.05, 4.69) is 10.6 Å². The van der Waals surface area contributed by atoms with Crippen molar-refractivity contribution in [3.8, 4) is 0 Å². The SMILES string of the molecule is CC(C)OC(=O)c1cccc(NC(=O)c2cccc(NC3=C(Cl)C(=O)N(c4ccc(Cl)cc4)C3=O)c2)c1. The summed E-state index contributed by atoms with van der Waals surface area (Å²) in [6.07, 6.45) is -0.273. The monoisotopic (exact) mass is 537 g/mol. The molecule has 3 aromatic rings. The van der Waals surface area contributed by atoms with E-state index in [1.165, 1.54) is 24.3 Å². The van der Waals surface area contributed by atoms with Crippen molar-refractivity contribution in [2.24, 2.45) is 0 Å². The van der Waals surface area contributed by atoms with Crippen molar-refractivity contribution in [3.63, 3.8) is 0 Å². The summed E-state index contributed by atoms with van der Waals surface area (Å²) in [6, 6.07) is 18.9. The summed E-state index contributed by atoms with van der Waals surface area (Å²) in [4.78, 5) is 51.6. The molecule has 188 valence electrons. The maximum atomic E-state index is 13.0. The van der Waals surface area contributed by atoms with Crippen LogP contribution in [0.5, 0.6) is 0 Å². The van der Waals surface area contributed by atoms with Crippen LogP contribution >= 0.6 is 23.2 Å². The van der Waals surface area contributed by atoms with Gasteiger partial charge in [0.05, 0.1) is 17.4 Å². The maximum Gasteiger partial charge on any atom is 0.338 e. The first kappa shape index (κ1) is 25.9. The molecule has 10 heteroatoms. The Morgan fingerprint density at radius 3 is 2.14 bits per heavy atom. The van der Waals surface area contributed by atoms with Gasteiger partial charge in [0.1, 0.15) is 10.7 Å². The summed E-state index contributed by atoms with van der Waals surface area (Å²) >= 11 is 12.1. The Balaban J connectivity index is 1.49. The molecule has 3 aromatic carbocycles. The van der Waals surface area contributed by atoms with Gasteiger partial charge in [0.15, 0.2) is 0 Å². The van der Waals surface area contributed by atoms with Crippen LogP contribution < -0.4 is 15.5 Å². The Kier molecular flexibility index (Phi) is 7.61. The summed E-state index contributed by atoms with van der Waals surface area (Å²) in [5.41, 5.74) is 1.55. The number of hydrogen-bond donors (Lipinski definition) is 2. The van der Waals surface area contributed by atoms with Crippen LogP contribution in [0.3, 0.4) is 0 Å². The second-order valence-corrected chi connectivity index (χ2v) is 9.12. The fraction of sp³-hybridized carbons (Fsp3) is 0.111. The highest BCUT2D eigenvalue weighted by molar-refractivity contribution is 6.53. The largest absolute Gasteiger partial charge is 0.459 e. The summed E-state index contributed by atoms with van der Waals surface area (Å²) in [6.45, 7) is 3.50. The van der Waals surface area contributed by atoms with Crippen LogP contribution in [0, 0.1) is 0 Å². The lowest BCUT2D eigenvalue weighted by atomic mass is 10.1. The van der Waals surface area contributed by atoms with Crippen molar-refractivity contribution in [1.82, 2.24) is 0 Å². The number of amides is 3. The van der Waals surface area contributed by atoms with Crippen LogP contribution in [0.25, 0.3) is 0 Å². The molecule has 0 fully saturated rings. The zero-order chi connectivity index (χ0) is 26.7. The smallest absolute Gasteiger partial charge is 0.338 e. The second-order valence-electron chi connectivity index (χ2n) is 8.31. The van der Waals surface area contributed by atoms with Crippen LogP contribution in [-0.2, 0) is 14.3 Å². The van der Waals surface area contributed by atoms with Crippen molar-refractivity contribution in [2.75, 3.05) is 15.5 Å². The van der Waals surface area contributed by atoms with Crippen molar-refractivity contribution in [2.45, 2.75) is 20.0 Å². The number of nitrogens with one attached hydrogen (secondary N) is 2. The van der Waals surface area contributed by atoms with Gasteiger partial charge in [-0.3, -0.25) is 14.4 Å². The highest BCUT2D eigenvalue weighted by atomic mass is 35.5. The van der Waals surface area contributed by atoms with Gasteiger partial charge in [-0.05, 0) is 74.5 Å². The first-order chi connectivity index (χ1) is 17.6. The van der Waals surface area contributed by atoms with Crippen molar-refractivity contribution < 1.29 is 23.9 Å². The summed E-state index contributed by atoms with van der Waals surface area (Å²) < 4.78 is 5.19. The molecule has 0 radical (unpaired) electrons. The lowest BCUT2D eigenvalue weighted by Gasteiger charge is -2.15. The third-order valence-corrected chi connectivity index (χ3v) is 5.81. The Hall–Kier alpha value is -4.14. The van der Waals surface area contributed by atoms with Crippen LogP contribution in [0.1, 0.15) is 34.6 Å². The number of carbonyl (C=O) groups excluding carboxylic acids is 4. The molecule has 4 rings (SSSR count). The van der Waals surface area contributed by atoms with Crippen molar-refractivity contribution in [1.29, 1.82) is 0 Å². The van der Waals surface area contributed by atoms with Gasteiger partial charge in [0.25, 0.3) is 17.7 Å². The van der Waals surface area contributed by atoms with E-state index in [1.807, 2.05) is 0 Å². The van der Waals surface area contributed by atoms with Gasteiger partial charge in [0, 0.05) is 22.0 Å². The summed E-state index contributed by atoms with van der Waals surface area (Å²) in [5, 5.41) is 5.76. The maximum absolute atomic E-state index is 13.0. The Morgan fingerprint density at radius 1 is 0.838 bits per heavy atom. The molecule has 0 unspecified atom stereocenters. The zero-order valence-electron chi connectivity index (χ0n) is 19.7. The topological polar surface area (TPSA) is 105 Å². The Labute approximate surface area is 222 Å². The minimum Gasteiger partial charge on any atom is -0.459 e. The predicted molar refractivity (Wildman–Crippen MR) is 142 cm³/mol. The molecular formula is C27H21Cl2N3O5. The molecule has 1 aliphatic heterocycles. The molecule has 0 atom stereocenters. The molecule has 0 aliphatic carbocycles. The fourth-order valence-corrected chi connectivity index (χ4v) is 3.87. The number of ether oxygens (including phenoxy) is 1. The van der Waals surface area contributed by atoms with Gasteiger partial charge in [-0.15, -0.1) is 0 Å². The van der Waals surface area contributed by atoms with E-state index in [9.17, 15) is 19.2 Å². The molecule has 8 nitrogen and oxygen atoms in total. The molecule has 0 spiro atoms. The summed E-state index contributed by atoms with van der Waals surface area (Å²) in [7, 11) is 0. The van der Waals surface area contributed by atoms with E-state index in [-0.39, 0.29) is 22.4 Å². The van der Waals surface area contributed by atoms with Crippen LogP contribution in [-0.4, -0.2) is 29.8 Å². The highest BCUT2D eigenvalue weighted by Crippen LogP contribution is 2.31. The van der Waals surface area contributed by atoms with Gasteiger partial charge in [-0.2, -0.15) is 0 Å². The average Bonchev–Trinajstić information content (AvgIpc) is 3.07. The van der Waals surface area contributed by atoms with E-state index in [0.29, 0.717) is 27.6 Å². The number of rotatable bonds is 7. The van der Waals surface area contributed by atoms with Crippen molar-refractivity contribution >= 4 is 64.0 Å². The number of nitrogens with zero attached hydrogens (tertiary/aromatic N) is 1. The molecular weight excluding hydrogens is 517 g/mol. The van der Waals surface area contributed by atoms with E-state index in [0.717, 1.165) is 4.90 Å². The molecule has 1 aliphatic rings. The number of benzene rings is 3. The van der Waals surface area contributed by atoms with E-state index in [1.54, 1.807) is 62.4 Å². The first-order valence-electron chi connectivity index (χ1n) is 11.2. The minimum absolute atomic E-state index is 0.115. The zero-order valence-corrected chi connectivity index (χ0v) is 21.3. The third-order valence-electron chi connectivity index (χ3n) is 5.21. The molecule has 2 N–H and O–H groups in total. The molecule has 0 bridgehead atoms. The summed E-state index contributed by atoms with van der Waals surface area (Å²) in [5.74, 6) is -2.26. The van der Waals surface area contributed by atoms with E-state index in [4.69, 9.17) is 27.9 Å². The lowest BCUT2D eigenvalue weighted by molar-refractivity contribution is -0.120. The number of esters is 1. The molecule has 0 saturated heterocycles. The quantitative estimate of drug-likeness (QED) is 0.300. The fourth-order valence-electron chi connectivity index (χ4n) is 3.53. The van der Waals surface area contributed by atoms with Gasteiger partial charge in [0.2, 0.25) is 0 Å².